The predicted octanol–water partition coefficient (Wildman–Crippen LogP) is 11.2. The summed E-state index contributed by atoms with van der Waals surface area (Å²) in [6, 6.07) is 10.3. The van der Waals surface area contributed by atoms with Gasteiger partial charge in [-0.15, -0.1) is 0 Å². The first-order chi connectivity index (χ1) is 23.8. The Morgan fingerprint density at radius 3 is 2.69 bits per heavy atom. The van der Waals surface area contributed by atoms with Gasteiger partial charge in [0.1, 0.15) is 0 Å². The summed E-state index contributed by atoms with van der Waals surface area (Å²) in [5.74, 6) is 7.19. The van der Waals surface area contributed by atoms with Crippen LogP contribution in [-0.4, -0.2) is 10.9 Å². The molecule has 1 nitrogen and oxygen atoms in total. The summed E-state index contributed by atoms with van der Waals surface area (Å²) in [5, 5.41) is 0. The number of hydrogen-bond acceptors (Lipinski definition) is 1. The summed E-state index contributed by atoms with van der Waals surface area (Å²) in [7, 11) is 0. The van der Waals surface area contributed by atoms with Crippen LogP contribution < -0.4 is 0 Å². The predicted molar refractivity (Wildman–Crippen MR) is 197 cm³/mol. The Balaban J connectivity index is 0.883. The van der Waals surface area contributed by atoms with Crippen LogP contribution in [0.4, 0.5) is 0 Å². The van der Waals surface area contributed by atoms with Crippen molar-refractivity contribution in [2.75, 3.05) is 0 Å². The molecule has 1 aliphatic heterocycles. The lowest BCUT2D eigenvalue weighted by Crippen LogP contribution is -2.42. The molecule has 0 bridgehead atoms. The van der Waals surface area contributed by atoms with Crippen molar-refractivity contribution in [3.05, 3.63) is 142 Å². The van der Waals surface area contributed by atoms with Crippen LogP contribution in [0.15, 0.2) is 131 Å². The fraction of sp³-hybridized carbons (Fsp3) is 0.489. The second-order valence-corrected chi connectivity index (χ2v) is 17.2. The van der Waals surface area contributed by atoms with Gasteiger partial charge in [0.2, 0.25) is 0 Å². The third-order valence-electron chi connectivity index (χ3n) is 15.4. The van der Waals surface area contributed by atoms with Crippen molar-refractivity contribution in [2.45, 2.75) is 94.4 Å². The largest absolute Gasteiger partial charge is 0.334 e. The molecule has 0 spiro atoms. The number of fused-ring (bicyclic) bond motifs is 11. The van der Waals surface area contributed by atoms with Gasteiger partial charge in [0.25, 0.3) is 0 Å². The molecule has 1 heteroatoms. The fourth-order valence-electron chi connectivity index (χ4n) is 13.3. The van der Waals surface area contributed by atoms with Gasteiger partial charge in [-0.1, -0.05) is 91.1 Å². The van der Waals surface area contributed by atoms with Crippen LogP contribution in [0.5, 0.6) is 0 Å². The van der Waals surface area contributed by atoms with Crippen molar-refractivity contribution < 1.29 is 0 Å². The van der Waals surface area contributed by atoms with Crippen LogP contribution in [0, 0.1) is 47.3 Å². The molecular weight excluding hydrogens is 579 g/mol. The molecule has 244 valence electrons. The second-order valence-electron chi connectivity index (χ2n) is 17.2. The molecule has 0 saturated heterocycles. The maximum Gasteiger partial charge on any atom is 0.0629 e. The van der Waals surface area contributed by atoms with Crippen molar-refractivity contribution in [3.8, 4) is 0 Å². The summed E-state index contributed by atoms with van der Waals surface area (Å²) < 4.78 is 0. The smallest absolute Gasteiger partial charge is 0.0629 e. The minimum absolute atomic E-state index is 0.448. The fourth-order valence-corrected chi connectivity index (χ4v) is 13.3. The number of allylic oxidation sites excluding steroid dienone is 13. The zero-order valence-electron chi connectivity index (χ0n) is 28.5. The van der Waals surface area contributed by atoms with Crippen LogP contribution in [0.25, 0.3) is 0 Å². The van der Waals surface area contributed by atoms with E-state index in [-0.39, 0.29) is 0 Å². The van der Waals surface area contributed by atoms with Gasteiger partial charge in [0, 0.05) is 28.6 Å². The lowest BCUT2D eigenvalue weighted by Gasteiger charge is -2.50. The standard InChI is InChI=1S/C47H51N/c1-2-11-35(12-3-1)48-45-17-9-7-15-40(45)42-28-32(21-25-46(42)48)31-20-23-38-39-14-6-8-16-43(39)47(29-44(47)41(38)27-31)34-22-24-37-33(26-34)19-18-30-10-4-5-13-36(30)37/h2,4-6,8-14,16-17,20-21,23,28,30-31,33-34,36-38,41,44,46H,1,3,7,15,18-19,22,24-27,29H2/t30?,31?,33?,34?,36?,37-,38?,41?,44?,46?,47?/m1/s1. The molecule has 11 atom stereocenters. The molecule has 10 aliphatic rings. The molecule has 3 saturated carbocycles. The van der Waals surface area contributed by atoms with E-state index in [0.29, 0.717) is 23.3 Å². The van der Waals surface area contributed by atoms with E-state index in [2.05, 4.69) is 108 Å². The lowest BCUT2D eigenvalue weighted by molar-refractivity contribution is 0.0544. The molecule has 0 N–H and O–H groups in total. The zero-order valence-corrected chi connectivity index (χ0v) is 28.5. The third kappa shape index (κ3) is 4.09. The van der Waals surface area contributed by atoms with E-state index in [1.54, 1.807) is 27.8 Å². The van der Waals surface area contributed by atoms with Crippen molar-refractivity contribution in [2.24, 2.45) is 47.3 Å². The zero-order chi connectivity index (χ0) is 31.4. The van der Waals surface area contributed by atoms with E-state index in [1.807, 2.05) is 0 Å². The van der Waals surface area contributed by atoms with Crippen molar-refractivity contribution >= 4 is 0 Å². The number of hydrogen-bond donors (Lipinski definition) is 0. The monoisotopic (exact) mass is 629 g/mol. The van der Waals surface area contributed by atoms with E-state index in [1.165, 1.54) is 82.0 Å². The summed E-state index contributed by atoms with van der Waals surface area (Å²) in [6.45, 7) is 0. The highest BCUT2D eigenvalue weighted by molar-refractivity contribution is 5.58. The SMILES string of the molecule is C1=CC2CCC3CC(C45CC4C4CC(C6=CCC7C(=C6)C6=C(C=CCC6)N7C6=CCCC=C6)C=CC4c4ccccc45)CC[C@H]3C2C=C1. The third-order valence-corrected chi connectivity index (χ3v) is 15.4. The van der Waals surface area contributed by atoms with E-state index in [9.17, 15) is 0 Å². The van der Waals surface area contributed by atoms with Gasteiger partial charge in [-0.05, 0) is 158 Å². The van der Waals surface area contributed by atoms with Crippen LogP contribution >= 0.6 is 0 Å². The first kappa shape index (κ1) is 28.5. The highest BCUT2D eigenvalue weighted by Gasteiger charge is 2.67. The Labute approximate surface area is 288 Å². The summed E-state index contributed by atoms with van der Waals surface area (Å²) in [5.41, 5.74) is 11.7. The van der Waals surface area contributed by atoms with Gasteiger partial charge in [-0.2, -0.15) is 0 Å². The molecule has 0 radical (unpaired) electrons. The van der Waals surface area contributed by atoms with Gasteiger partial charge in [-0.25, -0.2) is 0 Å². The Hall–Kier alpha value is -3.32. The molecule has 1 aromatic rings. The van der Waals surface area contributed by atoms with E-state index in [4.69, 9.17) is 0 Å². The molecule has 1 heterocycles. The molecule has 0 aromatic heterocycles. The second kappa shape index (κ2) is 10.8. The minimum atomic E-state index is 0.448. The van der Waals surface area contributed by atoms with Crippen LogP contribution in [0.1, 0.15) is 94.1 Å². The van der Waals surface area contributed by atoms with E-state index >= 15 is 0 Å². The van der Waals surface area contributed by atoms with Crippen molar-refractivity contribution in [3.63, 3.8) is 0 Å². The molecule has 48 heavy (non-hydrogen) atoms. The number of nitrogens with zero attached hydrogens (tertiary/aromatic N) is 1. The molecule has 0 amide bonds. The average molecular weight is 630 g/mol. The van der Waals surface area contributed by atoms with Gasteiger partial charge >= 0.3 is 0 Å². The Bertz CT molecular complexity index is 1820. The van der Waals surface area contributed by atoms with Gasteiger partial charge in [-0.3, -0.25) is 0 Å². The Morgan fingerprint density at radius 2 is 1.73 bits per heavy atom. The Morgan fingerprint density at radius 1 is 0.792 bits per heavy atom. The summed E-state index contributed by atoms with van der Waals surface area (Å²) >= 11 is 0. The molecular formula is C47H51N. The molecule has 11 rings (SSSR count). The van der Waals surface area contributed by atoms with Gasteiger partial charge < -0.3 is 4.90 Å². The van der Waals surface area contributed by atoms with Crippen LogP contribution in [0.2, 0.25) is 0 Å². The lowest BCUT2D eigenvalue weighted by atomic mass is 9.54. The van der Waals surface area contributed by atoms with Gasteiger partial charge in [0.05, 0.1) is 6.04 Å². The molecule has 3 fully saturated rings. The first-order valence-corrected chi connectivity index (χ1v) is 19.9. The van der Waals surface area contributed by atoms with Gasteiger partial charge in [0.15, 0.2) is 0 Å². The summed E-state index contributed by atoms with van der Waals surface area (Å²) in [6.07, 6.45) is 48.4. The van der Waals surface area contributed by atoms with Crippen molar-refractivity contribution in [1.82, 2.24) is 4.90 Å². The molecule has 9 aliphatic carbocycles. The maximum absolute atomic E-state index is 2.69. The van der Waals surface area contributed by atoms with Crippen LogP contribution in [-0.2, 0) is 5.41 Å². The topological polar surface area (TPSA) is 3.24 Å². The minimum Gasteiger partial charge on any atom is -0.334 e. The van der Waals surface area contributed by atoms with E-state index in [0.717, 1.165) is 47.8 Å². The Kier molecular flexibility index (Phi) is 6.44. The molecule has 10 unspecified atom stereocenters. The number of rotatable bonds is 3. The normalized spacial score (nSPS) is 42.8. The highest BCUT2D eigenvalue weighted by atomic mass is 15.2. The quantitative estimate of drug-likeness (QED) is 0.301. The van der Waals surface area contributed by atoms with Crippen LogP contribution in [0.3, 0.4) is 0 Å². The van der Waals surface area contributed by atoms with E-state index < -0.39 is 0 Å². The summed E-state index contributed by atoms with van der Waals surface area (Å²) in [4.78, 5) is 2.69. The molecule has 1 aromatic carbocycles. The average Bonchev–Trinajstić information content (AvgIpc) is 3.85. The number of benzene rings is 1. The first-order valence-electron chi connectivity index (χ1n) is 19.9. The maximum atomic E-state index is 2.69. The van der Waals surface area contributed by atoms with Crippen molar-refractivity contribution in [1.29, 1.82) is 0 Å². The highest BCUT2D eigenvalue weighted by Crippen LogP contribution is 2.73.